The van der Waals surface area contributed by atoms with E-state index in [1.807, 2.05) is 0 Å². The van der Waals surface area contributed by atoms with E-state index in [2.05, 4.69) is 0 Å². The number of carbonyl (C=O) groups is 2. The summed E-state index contributed by atoms with van der Waals surface area (Å²) < 4.78 is 0. The predicted molar refractivity (Wildman–Crippen MR) is 34.5 cm³/mol. The zero-order chi connectivity index (χ0) is 7.72. The topological polar surface area (TPSA) is 54.4 Å². The van der Waals surface area contributed by atoms with Crippen molar-refractivity contribution in [1.82, 2.24) is 0 Å². The van der Waals surface area contributed by atoms with Crippen LogP contribution in [0.4, 0.5) is 0 Å². The van der Waals surface area contributed by atoms with Crippen LogP contribution in [0.15, 0.2) is 0 Å². The first-order chi connectivity index (χ1) is 4.63. The maximum absolute atomic E-state index is 11.0. The van der Waals surface area contributed by atoms with E-state index in [4.69, 9.17) is 5.11 Å². The summed E-state index contributed by atoms with van der Waals surface area (Å²) in [6.07, 6.45) is 1.77. The summed E-state index contributed by atoms with van der Waals surface area (Å²) in [5.74, 6) is -1.84. The summed E-state index contributed by atoms with van der Waals surface area (Å²) in [5, 5.41) is 8.41. The van der Waals surface area contributed by atoms with Crippen LogP contribution in [0.3, 0.4) is 0 Å². The molecular formula is C7H10O3. The van der Waals surface area contributed by atoms with Crippen molar-refractivity contribution in [3.63, 3.8) is 0 Å². The van der Waals surface area contributed by atoms with Gasteiger partial charge in [0.1, 0.15) is 11.7 Å². The predicted octanol–water partition coefficient (Wildman–Crippen LogP) is 0.686. The number of rotatable bonds is 3. The van der Waals surface area contributed by atoms with Gasteiger partial charge in [-0.15, -0.1) is 0 Å². The molecule has 0 aromatic carbocycles. The third-order valence-electron chi connectivity index (χ3n) is 1.78. The Balaban J connectivity index is 2.46. The Morgan fingerprint density at radius 2 is 2.00 bits per heavy atom. The first kappa shape index (κ1) is 7.25. The summed E-state index contributed by atoms with van der Waals surface area (Å²) in [6.45, 7) is 1.45. The number of carboxylic acid groups (broad SMARTS) is 1. The summed E-state index contributed by atoms with van der Waals surface area (Å²) >= 11 is 0. The molecule has 1 N–H and O–H groups in total. The molecule has 0 aromatic rings. The van der Waals surface area contributed by atoms with Crippen LogP contribution in [0, 0.1) is 11.8 Å². The SMILES string of the molecule is CC(C(=O)O)C(=O)C1CC1. The van der Waals surface area contributed by atoms with E-state index in [0.29, 0.717) is 0 Å². The third kappa shape index (κ3) is 1.35. The summed E-state index contributed by atoms with van der Waals surface area (Å²) in [4.78, 5) is 21.2. The monoisotopic (exact) mass is 142 g/mol. The van der Waals surface area contributed by atoms with Crippen LogP contribution in [0.5, 0.6) is 0 Å². The lowest BCUT2D eigenvalue weighted by molar-refractivity contribution is -0.145. The molecule has 1 atom stereocenters. The molecule has 0 bridgehead atoms. The minimum absolute atomic E-state index is 0.0612. The van der Waals surface area contributed by atoms with Crippen molar-refractivity contribution < 1.29 is 14.7 Å². The highest BCUT2D eigenvalue weighted by molar-refractivity contribution is 5.99. The number of aliphatic carboxylic acids is 1. The van der Waals surface area contributed by atoms with Gasteiger partial charge in [0.15, 0.2) is 0 Å². The minimum Gasteiger partial charge on any atom is -0.481 e. The quantitative estimate of drug-likeness (QED) is 0.590. The molecule has 1 rings (SSSR count). The Morgan fingerprint density at radius 1 is 1.50 bits per heavy atom. The van der Waals surface area contributed by atoms with Gasteiger partial charge < -0.3 is 5.11 Å². The molecular weight excluding hydrogens is 132 g/mol. The maximum Gasteiger partial charge on any atom is 0.313 e. The van der Waals surface area contributed by atoms with Crippen molar-refractivity contribution in [2.75, 3.05) is 0 Å². The second kappa shape index (κ2) is 2.40. The summed E-state index contributed by atoms with van der Waals surface area (Å²) in [5.41, 5.74) is 0. The van der Waals surface area contributed by atoms with E-state index < -0.39 is 11.9 Å². The second-order valence-electron chi connectivity index (χ2n) is 2.74. The van der Waals surface area contributed by atoms with Crippen molar-refractivity contribution >= 4 is 11.8 Å². The summed E-state index contributed by atoms with van der Waals surface area (Å²) in [6, 6.07) is 0. The van der Waals surface area contributed by atoms with Crippen molar-refractivity contribution in [3.05, 3.63) is 0 Å². The van der Waals surface area contributed by atoms with Gasteiger partial charge in [-0.2, -0.15) is 0 Å². The van der Waals surface area contributed by atoms with Gasteiger partial charge in [-0.25, -0.2) is 0 Å². The average molecular weight is 142 g/mol. The fourth-order valence-corrected chi connectivity index (χ4v) is 0.843. The van der Waals surface area contributed by atoms with Crippen LogP contribution in [0.1, 0.15) is 19.8 Å². The first-order valence-corrected chi connectivity index (χ1v) is 3.39. The van der Waals surface area contributed by atoms with E-state index >= 15 is 0 Å². The highest BCUT2D eigenvalue weighted by atomic mass is 16.4. The van der Waals surface area contributed by atoms with Crippen LogP contribution in [0.2, 0.25) is 0 Å². The normalized spacial score (nSPS) is 20.1. The molecule has 0 aliphatic heterocycles. The van der Waals surface area contributed by atoms with Crippen molar-refractivity contribution in [2.45, 2.75) is 19.8 Å². The fourth-order valence-electron chi connectivity index (χ4n) is 0.843. The Morgan fingerprint density at radius 3 is 2.30 bits per heavy atom. The van der Waals surface area contributed by atoms with Crippen molar-refractivity contribution in [3.8, 4) is 0 Å². The lowest BCUT2D eigenvalue weighted by Gasteiger charge is -2.01. The molecule has 1 aliphatic carbocycles. The van der Waals surface area contributed by atoms with Crippen LogP contribution in [0.25, 0.3) is 0 Å². The molecule has 56 valence electrons. The van der Waals surface area contributed by atoms with Gasteiger partial charge in [-0.1, -0.05) is 0 Å². The molecule has 1 saturated carbocycles. The Labute approximate surface area is 59.0 Å². The van der Waals surface area contributed by atoms with Crippen molar-refractivity contribution in [1.29, 1.82) is 0 Å². The molecule has 0 heterocycles. The lowest BCUT2D eigenvalue weighted by atomic mass is 10.0. The first-order valence-electron chi connectivity index (χ1n) is 3.39. The van der Waals surface area contributed by atoms with Gasteiger partial charge in [0, 0.05) is 5.92 Å². The number of carboxylic acids is 1. The van der Waals surface area contributed by atoms with Gasteiger partial charge >= 0.3 is 5.97 Å². The van der Waals surface area contributed by atoms with Gasteiger partial charge in [-0.05, 0) is 19.8 Å². The maximum atomic E-state index is 11.0. The molecule has 1 aliphatic rings. The van der Waals surface area contributed by atoms with Crippen LogP contribution < -0.4 is 0 Å². The molecule has 1 unspecified atom stereocenters. The highest BCUT2D eigenvalue weighted by Gasteiger charge is 2.35. The van der Waals surface area contributed by atoms with E-state index in [9.17, 15) is 9.59 Å². The lowest BCUT2D eigenvalue weighted by Crippen LogP contribution is -2.21. The van der Waals surface area contributed by atoms with E-state index in [0.717, 1.165) is 12.8 Å². The van der Waals surface area contributed by atoms with Crippen LogP contribution in [-0.2, 0) is 9.59 Å². The van der Waals surface area contributed by atoms with Crippen LogP contribution >= 0.6 is 0 Å². The van der Waals surface area contributed by atoms with Gasteiger partial charge in [0.05, 0.1) is 0 Å². The molecule has 0 amide bonds. The molecule has 3 nitrogen and oxygen atoms in total. The van der Waals surface area contributed by atoms with E-state index in [1.165, 1.54) is 6.92 Å². The fraction of sp³-hybridized carbons (Fsp3) is 0.714. The summed E-state index contributed by atoms with van der Waals surface area (Å²) in [7, 11) is 0. The Kier molecular flexibility index (Phi) is 1.74. The molecule has 0 saturated heterocycles. The minimum atomic E-state index is -1.00. The van der Waals surface area contributed by atoms with Gasteiger partial charge in [0.25, 0.3) is 0 Å². The zero-order valence-corrected chi connectivity index (χ0v) is 5.83. The molecule has 0 radical (unpaired) electrons. The highest BCUT2D eigenvalue weighted by Crippen LogP contribution is 2.32. The Hall–Kier alpha value is -0.860. The molecule has 0 aromatic heterocycles. The van der Waals surface area contributed by atoms with Gasteiger partial charge in [0.2, 0.25) is 0 Å². The number of Topliss-reactive ketones (excluding diaryl/α,β-unsaturated/α-hetero) is 1. The smallest absolute Gasteiger partial charge is 0.313 e. The number of carbonyl (C=O) groups excluding carboxylic acids is 1. The molecule has 0 spiro atoms. The van der Waals surface area contributed by atoms with Crippen LogP contribution in [-0.4, -0.2) is 16.9 Å². The van der Waals surface area contributed by atoms with E-state index in [1.54, 1.807) is 0 Å². The molecule has 3 heteroatoms. The molecule has 10 heavy (non-hydrogen) atoms. The number of ketones is 1. The standard InChI is InChI=1S/C7H10O3/c1-4(7(9)10)6(8)5-2-3-5/h4-5H,2-3H2,1H3,(H,9,10). The second-order valence-corrected chi connectivity index (χ2v) is 2.74. The number of hydrogen-bond acceptors (Lipinski definition) is 2. The Bertz CT molecular complexity index is 170. The number of hydrogen-bond donors (Lipinski definition) is 1. The third-order valence-corrected chi connectivity index (χ3v) is 1.78. The average Bonchev–Trinajstić information content (AvgIpc) is 2.65. The van der Waals surface area contributed by atoms with Crippen molar-refractivity contribution in [2.24, 2.45) is 11.8 Å². The zero-order valence-electron chi connectivity index (χ0n) is 5.83. The van der Waals surface area contributed by atoms with Gasteiger partial charge in [-0.3, -0.25) is 9.59 Å². The van der Waals surface area contributed by atoms with E-state index in [-0.39, 0.29) is 11.7 Å². The largest absolute Gasteiger partial charge is 0.481 e. The molecule has 1 fully saturated rings.